The number of hydrogen-bond acceptors (Lipinski definition) is 1. The number of aryl methyl sites for hydroxylation is 3. The molecule has 1 atom stereocenters. The molecule has 0 aliphatic rings. The largest absolute Gasteiger partial charge is 0.309 e. The first-order chi connectivity index (χ1) is 9.42. The van der Waals surface area contributed by atoms with Gasteiger partial charge in [-0.1, -0.05) is 28.1 Å². The fourth-order valence-electron chi connectivity index (χ4n) is 2.55. The van der Waals surface area contributed by atoms with E-state index in [0.29, 0.717) is 0 Å². The highest BCUT2D eigenvalue weighted by Gasteiger charge is 2.16. The van der Waals surface area contributed by atoms with Crippen molar-refractivity contribution in [2.75, 3.05) is 7.05 Å². The minimum atomic E-state index is -0.188. The summed E-state index contributed by atoms with van der Waals surface area (Å²) in [6, 6.07) is 9.44. The Balaban J connectivity index is 2.55. The molecule has 0 saturated heterocycles. The van der Waals surface area contributed by atoms with Gasteiger partial charge in [-0.3, -0.25) is 0 Å². The van der Waals surface area contributed by atoms with Gasteiger partial charge >= 0.3 is 0 Å². The lowest BCUT2D eigenvalue weighted by molar-refractivity contribution is 0.614. The first-order valence-electron chi connectivity index (χ1n) is 6.63. The molecule has 0 saturated carbocycles. The van der Waals surface area contributed by atoms with Crippen molar-refractivity contribution in [3.8, 4) is 0 Å². The fraction of sp³-hybridized carbons (Fsp3) is 0.294. The van der Waals surface area contributed by atoms with Gasteiger partial charge in [0.2, 0.25) is 0 Å². The quantitative estimate of drug-likeness (QED) is 0.847. The van der Waals surface area contributed by atoms with E-state index in [2.05, 4.69) is 47.2 Å². The smallest absolute Gasteiger partial charge is 0.123 e. The lowest BCUT2D eigenvalue weighted by Crippen LogP contribution is -2.19. The molecule has 1 N–H and O–H groups in total. The Bertz CT molecular complexity index is 617. The monoisotopic (exact) mass is 335 g/mol. The molecule has 0 aliphatic carbocycles. The van der Waals surface area contributed by atoms with Gasteiger partial charge in [-0.15, -0.1) is 0 Å². The van der Waals surface area contributed by atoms with Crippen LogP contribution >= 0.6 is 15.9 Å². The molecule has 2 aromatic rings. The average Bonchev–Trinajstić information content (AvgIpc) is 2.35. The van der Waals surface area contributed by atoms with Gasteiger partial charge in [0.1, 0.15) is 5.82 Å². The minimum Gasteiger partial charge on any atom is -0.309 e. The topological polar surface area (TPSA) is 12.0 Å². The van der Waals surface area contributed by atoms with Crippen molar-refractivity contribution in [2.24, 2.45) is 0 Å². The van der Waals surface area contributed by atoms with Gasteiger partial charge in [0.05, 0.1) is 6.04 Å². The third kappa shape index (κ3) is 3.10. The Morgan fingerprint density at radius 3 is 2.30 bits per heavy atom. The summed E-state index contributed by atoms with van der Waals surface area (Å²) in [5, 5.41) is 3.29. The Hall–Kier alpha value is -1.19. The van der Waals surface area contributed by atoms with E-state index < -0.39 is 0 Å². The van der Waals surface area contributed by atoms with Crippen molar-refractivity contribution in [3.05, 3.63) is 68.4 Å². The van der Waals surface area contributed by atoms with Gasteiger partial charge in [0.25, 0.3) is 0 Å². The molecule has 0 radical (unpaired) electrons. The highest BCUT2D eigenvalue weighted by Crippen LogP contribution is 2.30. The van der Waals surface area contributed by atoms with Crippen molar-refractivity contribution >= 4 is 15.9 Å². The predicted octanol–water partition coefficient (Wildman–Crippen LogP) is 4.82. The first kappa shape index (κ1) is 15.2. The molecule has 2 rings (SSSR count). The van der Waals surface area contributed by atoms with Gasteiger partial charge in [0, 0.05) is 4.47 Å². The molecule has 106 valence electrons. The van der Waals surface area contributed by atoms with Crippen LogP contribution in [0, 0.1) is 26.6 Å². The van der Waals surface area contributed by atoms with Crippen LogP contribution in [-0.4, -0.2) is 7.05 Å². The summed E-state index contributed by atoms with van der Waals surface area (Å²) in [5.41, 5.74) is 5.43. The van der Waals surface area contributed by atoms with Crippen LogP contribution in [0.15, 0.2) is 34.8 Å². The van der Waals surface area contributed by atoms with E-state index in [0.717, 1.165) is 15.6 Å². The molecule has 0 heterocycles. The average molecular weight is 336 g/mol. The maximum atomic E-state index is 13.6. The van der Waals surface area contributed by atoms with Crippen molar-refractivity contribution in [1.29, 1.82) is 0 Å². The van der Waals surface area contributed by atoms with Gasteiger partial charge in [-0.05, 0) is 73.8 Å². The van der Waals surface area contributed by atoms with E-state index in [1.807, 2.05) is 20.0 Å². The molecule has 0 amide bonds. The van der Waals surface area contributed by atoms with Crippen LogP contribution in [0.4, 0.5) is 4.39 Å². The second kappa shape index (κ2) is 6.06. The highest BCUT2D eigenvalue weighted by molar-refractivity contribution is 9.10. The first-order valence-corrected chi connectivity index (χ1v) is 7.42. The molecular weight excluding hydrogens is 317 g/mol. The fourth-order valence-corrected chi connectivity index (χ4v) is 3.01. The second-order valence-corrected chi connectivity index (χ2v) is 6.10. The summed E-state index contributed by atoms with van der Waals surface area (Å²) in [5.74, 6) is -0.188. The molecule has 20 heavy (non-hydrogen) atoms. The zero-order valence-corrected chi connectivity index (χ0v) is 13.8. The Morgan fingerprint density at radius 2 is 1.70 bits per heavy atom. The molecule has 2 aromatic carbocycles. The second-order valence-electron chi connectivity index (χ2n) is 5.24. The van der Waals surface area contributed by atoms with E-state index in [9.17, 15) is 4.39 Å². The summed E-state index contributed by atoms with van der Waals surface area (Å²) >= 11 is 3.55. The Kier molecular flexibility index (Phi) is 4.61. The molecule has 0 aliphatic heterocycles. The van der Waals surface area contributed by atoms with Gasteiger partial charge in [-0.25, -0.2) is 4.39 Å². The van der Waals surface area contributed by atoms with E-state index in [4.69, 9.17) is 0 Å². The zero-order chi connectivity index (χ0) is 14.9. The summed E-state index contributed by atoms with van der Waals surface area (Å²) in [4.78, 5) is 0. The van der Waals surface area contributed by atoms with E-state index in [1.54, 1.807) is 12.1 Å². The summed E-state index contributed by atoms with van der Waals surface area (Å²) in [6.07, 6.45) is 0. The highest BCUT2D eigenvalue weighted by atomic mass is 79.9. The Morgan fingerprint density at radius 1 is 1.00 bits per heavy atom. The lowest BCUT2D eigenvalue weighted by Gasteiger charge is -2.21. The Labute approximate surface area is 128 Å². The molecular formula is C17H19BrFN. The number of benzene rings is 2. The maximum absolute atomic E-state index is 13.6. The number of hydrogen-bond donors (Lipinski definition) is 1. The van der Waals surface area contributed by atoms with Crippen LogP contribution < -0.4 is 5.32 Å². The summed E-state index contributed by atoms with van der Waals surface area (Å²) < 4.78 is 14.8. The normalized spacial score (nSPS) is 12.5. The standard InChI is InChI=1S/C17H19BrFN/c1-10-5-13(9-14(19)6-10)17(20-4)15-7-12(3)16(18)8-11(15)2/h5-9,17,20H,1-4H3. The van der Waals surface area contributed by atoms with Gasteiger partial charge in [0.15, 0.2) is 0 Å². The molecule has 3 heteroatoms. The van der Waals surface area contributed by atoms with Crippen LogP contribution in [0.25, 0.3) is 0 Å². The minimum absolute atomic E-state index is 0.00352. The third-order valence-electron chi connectivity index (χ3n) is 3.54. The van der Waals surface area contributed by atoms with E-state index in [-0.39, 0.29) is 11.9 Å². The van der Waals surface area contributed by atoms with Crippen molar-refractivity contribution < 1.29 is 4.39 Å². The maximum Gasteiger partial charge on any atom is 0.123 e. The summed E-state index contributed by atoms with van der Waals surface area (Å²) in [6.45, 7) is 6.06. The predicted molar refractivity (Wildman–Crippen MR) is 85.7 cm³/mol. The molecule has 0 bridgehead atoms. The van der Waals surface area contributed by atoms with Crippen LogP contribution in [0.1, 0.15) is 33.9 Å². The van der Waals surface area contributed by atoms with E-state index >= 15 is 0 Å². The molecule has 0 spiro atoms. The number of rotatable bonds is 3. The zero-order valence-electron chi connectivity index (χ0n) is 12.2. The van der Waals surface area contributed by atoms with Crippen molar-refractivity contribution in [3.63, 3.8) is 0 Å². The van der Waals surface area contributed by atoms with Gasteiger partial charge < -0.3 is 5.32 Å². The SMILES string of the molecule is CNC(c1cc(C)cc(F)c1)c1cc(C)c(Br)cc1C. The van der Waals surface area contributed by atoms with E-state index in [1.165, 1.54) is 16.7 Å². The van der Waals surface area contributed by atoms with Crippen LogP contribution in [0.3, 0.4) is 0 Å². The molecule has 0 fully saturated rings. The van der Waals surface area contributed by atoms with Crippen LogP contribution in [0.5, 0.6) is 0 Å². The van der Waals surface area contributed by atoms with Gasteiger partial charge in [-0.2, -0.15) is 0 Å². The summed E-state index contributed by atoms with van der Waals surface area (Å²) in [7, 11) is 1.90. The van der Waals surface area contributed by atoms with Crippen LogP contribution in [-0.2, 0) is 0 Å². The number of nitrogens with one attached hydrogen (secondary N) is 1. The molecule has 0 aromatic heterocycles. The molecule has 1 unspecified atom stereocenters. The van der Waals surface area contributed by atoms with Crippen molar-refractivity contribution in [2.45, 2.75) is 26.8 Å². The van der Waals surface area contributed by atoms with Crippen molar-refractivity contribution in [1.82, 2.24) is 5.32 Å². The van der Waals surface area contributed by atoms with Crippen LogP contribution in [0.2, 0.25) is 0 Å². The third-order valence-corrected chi connectivity index (χ3v) is 4.40. The lowest BCUT2D eigenvalue weighted by atomic mass is 9.93. The molecule has 1 nitrogen and oxygen atoms in total. The number of halogens is 2.